The Morgan fingerprint density at radius 3 is 2.47 bits per heavy atom. The van der Waals surface area contributed by atoms with Gasteiger partial charge in [-0.15, -0.1) is 0 Å². The lowest BCUT2D eigenvalue weighted by atomic mass is 9.86. The Kier molecular flexibility index (Phi) is 2.86. The van der Waals surface area contributed by atoms with Crippen LogP contribution < -0.4 is 5.32 Å². The lowest BCUT2D eigenvalue weighted by Crippen LogP contribution is -2.57. The van der Waals surface area contributed by atoms with E-state index < -0.39 is 11.1 Å². The average Bonchev–Trinajstić information content (AvgIpc) is 2.51. The fourth-order valence-corrected chi connectivity index (χ4v) is 0.886. The van der Waals surface area contributed by atoms with E-state index in [2.05, 4.69) is 15.5 Å². The van der Waals surface area contributed by atoms with E-state index in [-0.39, 0.29) is 5.91 Å². The standard InChI is InChI=1S/C10H17N3O2/c1-9(2,10(3,4)15)12-8(14)7-5-6-11-13-7/h5-6,15H,1-4H3,(H,11,13)(H,12,14). The van der Waals surface area contributed by atoms with Crippen LogP contribution in [-0.4, -0.2) is 32.4 Å². The van der Waals surface area contributed by atoms with Gasteiger partial charge in [0.2, 0.25) is 0 Å². The van der Waals surface area contributed by atoms with Crippen LogP contribution in [0.3, 0.4) is 0 Å². The first-order chi connectivity index (χ1) is 6.74. The first-order valence-corrected chi connectivity index (χ1v) is 4.78. The van der Waals surface area contributed by atoms with E-state index in [0.717, 1.165) is 0 Å². The summed E-state index contributed by atoms with van der Waals surface area (Å²) in [7, 11) is 0. The number of carbonyl (C=O) groups excluding carboxylic acids is 1. The van der Waals surface area contributed by atoms with Gasteiger partial charge in [0.05, 0.1) is 11.1 Å². The maximum Gasteiger partial charge on any atom is 0.269 e. The van der Waals surface area contributed by atoms with Crippen LogP contribution >= 0.6 is 0 Å². The van der Waals surface area contributed by atoms with Gasteiger partial charge in [0.25, 0.3) is 5.91 Å². The summed E-state index contributed by atoms with van der Waals surface area (Å²) in [5, 5.41) is 18.8. The second-order valence-electron chi connectivity index (χ2n) is 4.61. The molecule has 1 aromatic heterocycles. The molecule has 0 atom stereocenters. The van der Waals surface area contributed by atoms with E-state index in [1.165, 1.54) is 6.20 Å². The lowest BCUT2D eigenvalue weighted by molar-refractivity contribution is -0.00302. The van der Waals surface area contributed by atoms with Gasteiger partial charge in [-0.1, -0.05) is 0 Å². The van der Waals surface area contributed by atoms with Crippen molar-refractivity contribution in [3.8, 4) is 0 Å². The predicted octanol–water partition coefficient (Wildman–Crippen LogP) is 0.689. The molecule has 0 radical (unpaired) electrons. The van der Waals surface area contributed by atoms with E-state index >= 15 is 0 Å². The highest BCUT2D eigenvalue weighted by atomic mass is 16.3. The van der Waals surface area contributed by atoms with Crippen molar-refractivity contribution in [1.29, 1.82) is 0 Å². The van der Waals surface area contributed by atoms with Crippen molar-refractivity contribution in [3.05, 3.63) is 18.0 Å². The maximum atomic E-state index is 11.7. The average molecular weight is 211 g/mol. The molecule has 1 heterocycles. The lowest BCUT2D eigenvalue weighted by Gasteiger charge is -2.37. The summed E-state index contributed by atoms with van der Waals surface area (Å²) in [4.78, 5) is 11.7. The summed E-state index contributed by atoms with van der Waals surface area (Å²) < 4.78 is 0. The summed E-state index contributed by atoms with van der Waals surface area (Å²) in [6.45, 7) is 6.84. The van der Waals surface area contributed by atoms with Crippen LogP contribution in [-0.2, 0) is 0 Å². The first kappa shape index (κ1) is 11.7. The van der Waals surface area contributed by atoms with Crippen LogP contribution in [0, 0.1) is 0 Å². The molecule has 0 saturated heterocycles. The zero-order valence-electron chi connectivity index (χ0n) is 9.46. The molecular formula is C10H17N3O2. The quantitative estimate of drug-likeness (QED) is 0.688. The number of hydrogen-bond acceptors (Lipinski definition) is 3. The highest BCUT2D eigenvalue weighted by molar-refractivity contribution is 5.92. The number of nitrogens with one attached hydrogen (secondary N) is 2. The molecule has 1 rings (SSSR count). The van der Waals surface area contributed by atoms with Crippen molar-refractivity contribution < 1.29 is 9.90 Å². The van der Waals surface area contributed by atoms with Crippen LogP contribution in [0.4, 0.5) is 0 Å². The van der Waals surface area contributed by atoms with Crippen LogP contribution in [0.15, 0.2) is 12.3 Å². The Labute approximate surface area is 88.9 Å². The molecule has 5 heteroatoms. The molecule has 0 aliphatic rings. The molecule has 0 fully saturated rings. The van der Waals surface area contributed by atoms with Crippen molar-refractivity contribution in [2.45, 2.75) is 38.8 Å². The molecule has 0 spiro atoms. The third-order valence-corrected chi connectivity index (χ3v) is 2.70. The Bertz CT molecular complexity index is 336. The molecule has 0 saturated carbocycles. The number of carbonyl (C=O) groups is 1. The van der Waals surface area contributed by atoms with Crippen LogP contribution in [0.5, 0.6) is 0 Å². The smallest absolute Gasteiger partial charge is 0.269 e. The van der Waals surface area contributed by atoms with Gasteiger partial charge >= 0.3 is 0 Å². The van der Waals surface area contributed by atoms with Crippen LogP contribution in [0.2, 0.25) is 0 Å². The van der Waals surface area contributed by atoms with E-state index in [1.807, 2.05) is 0 Å². The zero-order chi connectivity index (χ0) is 11.7. The second kappa shape index (κ2) is 3.66. The van der Waals surface area contributed by atoms with Crippen molar-refractivity contribution in [2.75, 3.05) is 0 Å². The Morgan fingerprint density at radius 1 is 1.47 bits per heavy atom. The number of hydrogen-bond donors (Lipinski definition) is 3. The minimum absolute atomic E-state index is 0.278. The number of aromatic amines is 1. The summed E-state index contributed by atoms with van der Waals surface area (Å²) in [5.41, 5.74) is -1.33. The molecule has 0 bridgehead atoms. The van der Waals surface area contributed by atoms with Gasteiger partial charge in [0.15, 0.2) is 0 Å². The molecule has 84 valence electrons. The fraction of sp³-hybridized carbons (Fsp3) is 0.600. The molecule has 0 aliphatic heterocycles. The second-order valence-corrected chi connectivity index (χ2v) is 4.61. The summed E-state index contributed by atoms with van der Waals surface area (Å²) in [6.07, 6.45) is 1.51. The fourth-order valence-electron chi connectivity index (χ4n) is 0.886. The SMILES string of the molecule is CC(C)(O)C(C)(C)NC(=O)c1ccn[nH]1. The van der Waals surface area contributed by atoms with Gasteiger partial charge in [-0.2, -0.15) is 5.10 Å². The Hall–Kier alpha value is -1.36. The van der Waals surface area contributed by atoms with E-state index in [9.17, 15) is 9.90 Å². The summed E-state index contributed by atoms with van der Waals surface area (Å²) >= 11 is 0. The number of amides is 1. The zero-order valence-corrected chi connectivity index (χ0v) is 9.46. The maximum absolute atomic E-state index is 11.7. The highest BCUT2D eigenvalue weighted by Gasteiger charge is 2.36. The minimum Gasteiger partial charge on any atom is -0.388 e. The van der Waals surface area contributed by atoms with Crippen molar-refractivity contribution in [1.82, 2.24) is 15.5 Å². The number of aromatic nitrogens is 2. The molecule has 3 N–H and O–H groups in total. The van der Waals surface area contributed by atoms with E-state index in [1.54, 1.807) is 33.8 Å². The molecular weight excluding hydrogens is 194 g/mol. The number of nitrogens with zero attached hydrogens (tertiary/aromatic N) is 1. The molecule has 0 unspecified atom stereocenters. The predicted molar refractivity (Wildman–Crippen MR) is 56.4 cm³/mol. The number of aliphatic hydroxyl groups is 1. The molecule has 0 aliphatic carbocycles. The highest BCUT2D eigenvalue weighted by Crippen LogP contribution is 2.20. The van der Waals surface area contributed by atoms with Gasteiger partial charge in [-0.25, -0.2) is 0 Å². The summed E-state index contributed by atoms with van der Waals surface area (Å²) in [6, 6.07) is 1.58. The molecule has 1 amide bonds. The molecule has 1 aromatic rings. The monoisotopic (exact) mass is 211 g/mol. The van der Waals surface area contributed by atoms with Gasteiger partial charge in [-0.3, -0.25) is 9.89 Å². The van der Waals surface area contributed by atoms with Gasteiger partial charge in [0.1, 0.15) is 5.69 Å². The third kappa shape index (κ3) is 2.56. The number of H-pyrrole nitrogens is 1. The Balaban J connectivity index is 2.75. The largest absolute Gasteiger partial charge is 0.388 e. The normalized spacial score (nSPS) is 12.6. The first-order valence-electron chi connectivity index (χ1n) is 4.78. The van der Waals surface area contributed by atoms with Crippen LogP contribution in [0.1, 0.15) is 38.2 Å². The van der Waals surface area contributed by atoms with Crippen molar-refractivity contribution in [2.24, 2.45) is 0 Å². The van der Waals surface area contributed by atoms with Gasteiger partial charge in [-0.05, 0) is 33.8 Å². The van der Waals surface area contributed by atoms with Crippen molar-refractivity contribution in [3.63, 3.8) is 0 Å². The van der Waals surface area contributed by atoms with E-state index in [0.29, 0.717) is 5.69 Å². The van der Waals surface area contributed by atoms with E-state index in [4.69, 9.17) is 0 Å². The summed E-state index contributed by atoms with van der Waals surface area (Å²) in [5.74, 6) is -0.278. The minimum atomic E-state index is -0.997. The number of rotatable bonds is 3. The van der Waals surface area contributed by atoms with Crippen LogP contribution in [0.25, 0.3) is 0 Å². The molecule has 15 heavy (non-hydrogen) atoms. The molecule has 5 nitrogen and oxygen atoms in total. The Morgan fingerprint density at radius 2 is 2.07 bits per heavy atom. The van der Waals surface area contributed by atoms with Gasteiger partial charge < -0.3 is 10.4 Å². The van der Waals surface area contributed by atoms with Crippen molar-refractivity contribution >= 4 is 5.91 Å². The molecule has 0 aromatic carbocycles. The topological polar surface area (TPSA) is 78.0 Å². The third-order valence-electron chi connectivity index (χ3n) is 2.70. The van der Waals surface area contributed by atoms with Gasteiger partial charge in [0, 0.05) is 6.20 Å².